The number of hydrogen-bond acceptors (Lipinski definition) is 6. The molecule has 1 aliphatic heterocycles. The van der Waals surface area contributed by atoms with Crippen molar-refractivity contribution in [2.75, 3.05) is 46.8 Å². The van der Waals surface area contributed by atoms with Crippen LogP contribution in [0.2, 0.25) is 5.02 Å². The summed E-state index contributed by atoms with van der Waals surface area (Å²) < 4.78 is 64.1. The maximum absolute atomic E-state index is 14.0. The molecule has 0 amide bonds. The Labute approximate surface area is 245 Å². The van der Waals surface area contributed by atoms with Crippen LogP contribution in [0.4, 0.5) is 8.78 Å². The highest BCUT2D eigenvalue weighted by Gasteiger charge is 2.35. The van der Waals surface area contributed by atoms with Crippen LogP contribution in [-0.4, -0.2) is 60.1 Å². The predicted molar refractivity (Wildman–Crippen MR) is 158 cm³/mol. The molecule has 3 aromatic carbocycles. The molecule has 0 bridgehead atoms. The Hall–Kier alpha value is -2.66. The Morgan fingerprint density at radius 3 is 1.88 bits per heavy atom. The molecule has 41 heavy (non-hydrogen) atoms. The first-order valence-electron chi connectivity index (χ1n) is 13.2. The normalized spacial score (nSPS) is 15.0. The lowest BCUT2D eigenvalue weighted by atomic mass is 9.83. The minimum Gasteiger partial charge on any atom is -0.385 e. The van der Waals surface area contributed by atoms with Crippen LogP contribution in [0.3, 0.4) is 0 Å². The van der Waals surface area contributed by atoms with Crippen LogP contribution in [0, 0.1) is 11.6 Å². The molecule has 3 aromatic rings. The lowest BCUT2D eigenvalue weighted by Gasteiger charge is -2.42. The minimum atomic E-state index is -3.77. The van der Waals surface area contributed by atoms with Crippen molar-refractivity contribution in [1.29, 1.82) is 0 Å². The molecule has 220 valence electrons. The Morgan fingerprint density at radius 1 is 0.927 bits per heavy atom. The van der Waals surface area contributed by atoms with Gasteiger partial charge in [-0.15, -0.1) is 0 Å². The highest BCUT2D eigenvalue weighted by atomic mass is 35.5. The summed E-state index contributed by atoms with van der Waals surface area (Å²) in [6.07, 6.45) is 2.31. The van der Waals surface area contributed by atoms with Crippen LogP contribution >= 0.6 is 11.6 Å². The highest BCUT2D eigenvalue weighted by molar-refractivity contribution is 8.00. The van der Waals surface area contributed by atoms with Gasteiger partial charge in [-0.25, -0.2) is 17.2 Å². The number of hydrogen-bond donors (Lipinski definition) is 1. The van der Waals surface area contributed by atoms with E-state index < -0.39 is 27.0 Å². The van der Waals surface area contributed by atoms with Gasteiger partial charge in [-0.2, -0.15) is 0 Å². The quantitative estimate of drug-likeness (QED) is 0.285. The van der Waals surface area contributed by atoms with Crippen molar-refractivity contribution in [3.63, 3.8) is 0 Å². The maximum atomic E-state index is 14.0. The SMILES string of the molecule is COCCC(N)(CCOC)c1ccc(C(c2ccc(Cl)cc2)N2CC(=C(c3cc(F)cc(F)c3)S(C)(=O)=O)C2)cc1. The molecule has 1 saturated heterocycles. The number of halogens is 3. The van der Waals surface area contributed by atoms with Crippen LogP contribution in [-0.2, 0) is 24.8 Å². The molecule has 0 saturated carbocycles. The number of nitrogens with two attached hydrogens (primary N) is 1. The van der Waals surface area contributed by atoms with Crippen LogP contribution in [0.15, 0.2) is 72.3 Å². The van der Waals surface area contributed by atoms with Gasteiger partial charge in [-0.1, -0.05) is 48.0 Å². The number of ether oxygens (including phenoxy) is 2. The molecule has 6 nitrogen and oxygen atoms in total. The summed E-state index contributed by atoms with van der Waals surface area (Å²) in [7, 11) is -0.475. The monoisotopic (exact) mass is 604 g/mol. The molecule has 0 aromatic heterocycles. The molecule has 0 radical (unpaired) electrons. The Bertz CT molecular complexity index is 1460. The van der Waals surface area contributed by atoms with Crippen LogP contribution < -0.4 is 5.73 Å². The molecule has 4 rings (SSSR count). The summed E-state index contributed by atoms with van der Waals surface area (Å²) >= 11 is 6.17. The van der Waals surface area contributed by atoms with E-state index in [9.17, 15) is 17.2 Å². The standard InChI is InChI=1S/C31H35ClF2N2O4S/c1-39-14-12-31(35,13-15-40-2)25-8-4-21(5-9-25)29(22-6-10-26(32)11-7-22)36-19-24(20-36)30(41(3,37)38)23-16-27(33)18-28(34)17-23/h4-11,16-18,29H,12-15,19-20,35H2,1-3H3. The van der Waals surface area contributed by atoms with Crippen molar-refractivity contribution >= 4 is 26.3 Å². The molecule has 1 aliphatic rings. The smallest absolute Gasteiger partial charge is 0.176 e. The maximum Gasteiger partial charge on any atom is 0.176 e. The third-order valence-electron chi connectivity index (χ3n) is 7.46. The summed E-state index contributed by atoms with van der Waals surface area (Å²) in [5, 5.41) is 0.601. The van der Waals surface area contributed by atoms with E-state index in [0.29, 0.717) is 49.7 Å². The van der Waals surface area contributed by atoms with Crippen molar-refractivity contribution in [3.8, 4) is 0 Å². The number of sulfone groups is 1. The molecule has 2 N–H and O–H groups in total. The van der Waals surface area contributed by atoms with Crippen molar-refractivity contribution < 1.29 is 26.7 Å². The van der Waals surface area contributed by atoms with E-state index in [-0.39, 0.29) is 16.5 Å². The Balaban J connectivity index is 1.70. The second kappa shape index (κ2) is 13.1. The van der Waals surface area contributed by atoms with Crippen molar-refractivity contribution in [2.24, 2.45) is 5.73 Å². The average Bonchev–Trinajstić information content (AvgIpc) is 2.89. The van der Waals surface area contributed by atoms with Crippen molar-refractivity contribution in [2.45, 2.75) is 24.4 Å². The lowest BCUT2D eigenvalue weighted by Crippen LogP contribution is -2.44. The van der Waals surface area contributed by atoms with Gasteiger partial charge in [-0.3, -0.25) is 4.90 Å². The van der Waals surface area contributed by atoms with E-state index >= 15 is 0 Å². The van der Waals surface area contributed by atoms with E-state index in [2.05, 4.69) is 4.90 Å². The Kier molecular flexibility index (Phi) is 10.00. The predicted octanol–water partition coefficient (Wildman–Crippen LogP) is 5.71. The van der Waals surface area contributed by atoms with Gasteiger partial charge in [0.15, 0.2) is 9.84 Å². The zero-order chi connectivity index (χ0) is 29.8. The zero-order valence-electron chi connectivity index (χ0n) is 23.4. The number of nitrogens with zero attached hydrogens (tertiary/aromatic N) is 1. The summed E-state index contributed by atoms with van der Waals surface area (Å²) in [6.45, 7) is 1.63. The summed E-state index contributed by atoms with van der Waals surface area (Å²) in [4.78, 5) is 2.07. The molecule has 10 heteroatoms. The van der Waals surface area contributed by atoms with Gasteiger partial charge in [0.1, 0.15) is 11.6 Å². The van der Waals surface area contributed by atoms with Crippen LogP contribution in [0.25, 0.3) is 4.91 Å². The van der Waals surface area contributed by atoms with E-state index in [1.165, 1.54) is 0 Å². The summed E-state index contributed by atoms with van der Waals surface area (Å²) in [5.74, 6) is -1.66. The fraction of sp³-hybridized carbons (Fsp3) is 0.355. The molecular formula is C31H35ClF2N2O4S. The van der Waals surface area contributed by atoms with E-state index in [0.717, 1.165) is 41.1 Å². The third-order valence-corrected chi connectivity index (χ3v) is 8.98. The van der Waals surface area contributed by atoms with E-state index in [1.807, 2.05) is 48.5 Å². The number of methoxy groups -OCH3 is 2. The molecule has 0 aliphatic carbocycles. The number of rotatable bonds is 12. The van der Waals surface area contributed by atoms with E-state index in [1.54, 1.807) is 14.2 Å². The van der Waals surface area contributed by atoms with Gasteiger partial charge in [0.05, 0.1) is 10.9 Å². The molecule has 0 spiro atoms. The molecular weight excluding hydrogens is 570 g/mol. The van der Waals surface area contributed by atoms with Crippen molar-refractivity contribution in [3.05, 3.63) is 111 Å². The van der Waals surface area contributed by atoms with Crippen LogP contribution in [0.1, 0.15) is 41.1 Å². The van der Waals surface area contributed by atoms with Gasteiger partial charge in [0.25, 0.3) is 0 Å². The lowest BCUT2D eigenvalue weighted by molar-refractivity contribution is 0.133. The first-order valence-corrected chi connectivity index (χ1v) is 15.5. The first-order chi connectivity index (χ1) is 19.4. The van der Waals surface area contributed by atoms with E-state index in [4.69, 9.17) is 26.8 Å². The molecule has 1 atom stereocenters. The van der Waals surface area contributed by atoms with Gasteiger partial charge in [0.2, 0.25) is 0 Å². The first kappa shape index (κ1) is 31.3. The molecule has 1 heterocycles. The Morgan fingerprint density at radius 2 is 1.41 bits per heavy atom. The fourth-order valence-electron chi connectivity index (χ4n) is 5.37. The summed E-state index contributed by atoms with van der Waals surface area (Å²) in [6, 6.07) is 18.2. The summed E-state index contributed by atoms with van der Waals surface area (Å²) in [5.41, 5.74) is 9.70. The fourth-order valence-corrected chi connectivity index (χ4v) is 6.70. The highest BCUT2D eigenvalue weighted by Crippen LogP contribution is 2.39. The largest absolute Gasteiger partial charge is 0.385 e. The van der Waals surface area contributed by atoms with Gasteiger partial charge < -0.3 is 15.2 Å². The van der Waals surface area contributed by atoms with Gasteiger partial charge in [-0.05, 0) is 64.9 Å². The second-order valence-corrected chi connectivity index (χ2v) is 12.9. The molecule has 1 fully saturated rings. The number of likely N-dealkylation sites (tertiary alicyclic amines) is 1. The second-order valence-electron chi connectivity index (χ2n) is 10.5. The van der Waals surface area contributed by atoms with Crippen molar-refractivity contribution in [1.82, 2.24) is 4.90 Å². The number of benzene rings is 3. The van der Waals surface area contributed by atoms with Gasteiger partial charge >= 0.3 is 0 Å². The average molecular weight is 605 g/mol. The van der Waals surface area contributed by atoms with Gasteiger partial charge in [0, 0.05) is 63.4 Å². The zero-order valence-corrected chi connectivity index (χ0v) is 24.9. The van der Waals surface area contributed by atoms with Crippen LogP contribution in [0.5, 0.6) is 0 Å². The third kappa shape index (κ3) is 7.41. The molecule has 1 unspecified atom stereocenters. The topological polar surface area (TPSA) is 81.9 Å². The minimum absolute atomic E-state index is 0.0125.